The predicted octanol–water partition coefficient (Wildman–Crippen LogP) is 2.86. The first-order valence-corrected chi connectivity index (χ1v) is 12.8. The van der Waals surface area contributed by atoms with E-state index in [0.717, 1.165) is 25.9 Å². The Morgan fingerprint density at radius 2 is 1.66 bits per heavy atom. The number of sulfone groups is 1. The maximum Gasteiger partial charge on any atom is 0.442 e. The van der Waals surface area contributed by atoms with Gasteiger partial charge in [-0.3, -0.25) is 4.90 Å². The summed E-state index contributed by atoms with van der Waals surface area (Å²) < 4.78 is 38.7. The topological polar surface area (TPSA) is 104 Å². The first kappa shape index (κ1) is 23.1. The number of methoxy groups -OCH3 is 1. The van der Waals surface area contributed by atoms with Crippen LogP contribution in [0.5, 0.6) is 11.5 Å². The Bertz CT molecular complexity index is 1390. The molecule has 3 heterocycles. The highest BCUT2D eigenvalue weighted by Gasteiger charge is 2.34. The SMILES string of the molecule is COc1ccc(S(=O)(=O)c2ccccc2)cc1-c1c2cc(CN3CCCCC3)n1OC(=O)C(=O)O2. The van der Waals surface area contributed by atoms with Gasteiger partial charge in [-0.1, -0.05) is 24.6 Å². The normalized spacial score (nSPS) is 16.4. The zero-order valence-corrected chi connectivity index (χ0v) is 19.9. The van der Waals surface area contributed by atoms with E-state index in [9.17, 15) is 18.0 Å². The van der Waals surface area contributed by atoms with Gasteiger partial charge in [0.1, 0.15) is 11.4 Å². The molecule has 1 fully saturated rings. The van der Waals surface area contributed by atoms with Crippen molar-refractivity contribution in [3.63, 3.8) is 0 Å². The lowest BCUT2D eigenvalue weighted by Gasteiger charge is -2.26. The summed E-state index contributed by atoms with van der Waals surface area (Å²) in [5, 5.41) is 0. The second-order valence-electron chi connectivity index (χ2n) is 8.43. The molecule has 10 heteroatoms. The zero-order chi connectivity index (χ0) is 24.6. The average Bonchev–Trinajstić information content (AvgIpc) is 3.13. The summed E-state index contributed by atoms with van der Waals surface area (Å²) in [5.74, 6) is -1.88. The van der Waals surface area contributed by atoms with Crippen molar-refractivity contribution in [2.75, 3.05) is 20.2 Å². The molecule has 0 N–H and O–H groups in total. The van der Waals surface area contributed by atoms with Crippen molar-refractivity contribution in [1.29, 1.82) is 0 Å². The molecule has 1 saturated heterocycles. The van der Waals surface area contributed by atoms with Crippen LogP contribution in [0.1, 0.15) is 25.0 Å². The maximum absolute atomic E-state index is 13.3. The fourth-order valence-corrected chi connectivity index (χ4v) is 5.75. The molecular weight excluding hydrogens is 472 g/mol. The Morgan fingerprint density at radius 3 is 2.37 bits per heavy atom. The van der Waals surface area contributed by atoms with Crippen LogP contribution in [0, 0.1) is 0 Å². The predicted molar refractivity (Wildman–Crippen MR) is 125 cm³/mol. The van der Waals surface area contributed by atoms with Crippen LogP contribution in [0.25, 0.3) is 11.3 Å². The molecule has 0 spiro atoms. The quantitative estimate of drug-likeness (QED) is 0.379. The van der Waals surface area contributed by atoms with Crippen LogP contribution in [0.2, 0.25) is 0 Å². The van der Waals surface area contributed by atoms with Gasteiger partial charge in [-0.2, -0.15) is 4.73 Å². The van der Waals surface area contributed by atoms with Gasteiger partial charge in [-0.15, -0.1) is 0 Å². The van der Waals surface area contributed by atoms with Crippen LogP contribution in [0.3, 0.4) is 0 Å². The number of carbonyl (C=O) groups is 2. The van der Waals surface area contributed by atoms with Gasteiger partial charge in [-0.05, 0) is 56.3 Å². The monoisotopic (exact) mass is 496 g/mol. The molecule has 1 aromatic heterocycles. The van der Waals surface area contributed by atoms with Gasteiger partial charge < -0.3 is 14.3 Å². The van der Waals surface area contributed by atoms with Crippen molar-refractivity contribution in [2.45, 2.75) is 35.6 Å². The van der Waals surface area contributed by atoms with E-state index in [-0.39, 0.29) is 21.2 Å². The molecule has 9 nitrogen and oxygen atoms in total. The molecule has 2 bridgehead atoms. The molecule has 0 aliphatic carbocycles. The molecule has 182 valence electrons. The third kappa shape index (κ3) is 4.30. The highest BCUT2D eigenvalue weighted by molar-refractivity contribution is 7.91. The molecule has 0 atom stereocenters. The van der Waals surface area contributed by atoms with E-state index >= 15 is 0 Å². The summed E-state index contributed by atoms with van der Waals surface area (Å²) in [4.78, 5) is 32.2. The molecule has 0 amide bonds. The summed E-state index contributed by atoms with van der Waals surface area (Å²) >= 11 is 0. The molecule has 2 aromatic carbocycles. The molecule has 0 radical (unpaired) electrons. The van der Waals surface area contributed by atoms with Gasteiger partial charge in [0, 0.05) is 18.2 Å². The second kappa shape index (κ2) is 9.20. The Balaban J connectivity index is 1.65. The number of fused-ring (bicyclic) bond motifs is 2. The molecule has 35 heavy (non-hydrogen) atoms. The van der Waals surface area contributed by atoms with Crippen LogP contribution < -0.4 is 14.3 Å². The Kier molecular flexibility index (Phi) is 6.08. The highest BCUT2D eigenvalue weighted by atomic mass is 32.2. The largest absolute Gasteiger partial charge is 0.496 e. The van der Waals surface area contributed by atoms with Gasteiger partial charge in [-0.25, -0.2) is 18.0 Å². The van der Waals surface area contributed by atoms with Crippen molar-refractivity contribution >= 4 is 21.8 Å². The average molecular weight is 497 g/mol. The smallest absolute Gasteiger partial charge is 0.442 e. The van der Waals surface area contributed by atoms with E-state index in [0.29, 0.717) is 23.6 Å². The number of aromatic nitrogens is 1. The minimum absolute atomic E-state index is 0.0210. The number of piperidine rings is 1. The lowest BCUT2D eigenvalue weighted by Crippen LogP contribution is -2.34. The summed E-state index contributed by atoms with van der Waals surface area (Å²) in [6.07, 6.45) is 3.31. The number of esters is 1. The standard InChI is InChI=1S/C25H24N2O7S/c1-32-21-11-10-19(35(30,31)18-8-4-2-5-9-18)15-20(21)23-22-14-17(16-26-12-6-3-7-13-26)27(23)34-25(29)24(28)33-22/h2,4-5,8-11,14-15H,3,6-7,12-13,16H2,1H3. The fraction of sp³-hybridized carbons (Fsp3) is 0.280. The summed E-state index contributed by atoms with van der Waals surface area (Å²) in [6.45, 7) is 2.28. The van der Waals surface area contributed by atoms with E-state index in [1.165, 1.54) is 48.6 Å². The third-order valence-corrected chi connectivity index (χ3v) is 7.93. The minimum Gasteiger partial charge on any atom is -0.496 e. The minimum atomic E-state index is -3.84. The van der Waals surface area contributed by atoms with Crippen molar-refractivity contribution in [3.8, 4) is 22.8 Å². The molecule has 0 unspecified atom stereocenters. The summed E-state index contributed by atoms with van der Waals surface area (Å²) in [5.41, 5.74) is 1.15. The number of carbonyl (C=O) groups excluding carboxylic acids is 2. The Hall–Kier alpha value is -3.63. The van der Waals surface area contributed by atoms with Crippen LogP contribution in [-0.4, -0.2) is 50.2 Å². The Labute approximate surface area is 202 Å². The van der Waals surface area contributed by atoms with Crippen molar-refractivity contribution in [1.82, 2.24) is 9.63 Å². The second-order valence-corrected chi connectivity index (χ2v) is 10.4. The summed E-state index contributed by atoms with van der Waals surface area (Å²) in [7, 11) is -2.40. The van der Waals surface area contributed by atoms with Gasteiger partial charge in [0.25, 0.3) is 0 Å². The molecular formula is C25H24N2O7S. The highest BCUT2D eigenvalue weighted by Crippen LogP contribution is 2.41. The number of hydrogen-bond acceptors (Lipinski definition) is 8. The van der Waals surface area contributed by atoms with Crippen LogP contribution in [0.15, 0.2) is 64.4 Å². The third-order valence-electron chi connectivity index (χ3n) is 6.16. The maximum atomic E-state index is 13.3. The number of ether oxygens (including phenoxy) is 2. The van der Waals surface area contributed by atoms with Crippen LogP contribution in [0.4, 0.5) is 0 Å². The molecule has 0 saturated carbocycles. The first-order valence-electron chi connectivity index (χ1n) is 11.3. The van der Waals surface area contributed by atoms with Crippen LogP contribution >= 0.6 is 0 Å². The van der Waals surface area contributed by atoms with E-state index in [4.69, 9.17) is 14.3 Å². The number of hydrogen-bond donors (Lipinski definition) is 0. The van der Waals surface area contributed by atoms with Crippen molar-refractivity contribution in [2.24, 2.45) is 0 Å². The molecule has 2 aliphatic rings. The van der Waals surface area contributed by atoms with Crippen molar-refractivity contribution in [3.05, 3.63) is 60.3 Å². The molecule has 2 aliphatic heterocycles. The van der Waals surface area contributed by atoms with Gasteiger partial charge >= 0.3 is 11.9 Å². The van der Waals surface area contributed by atoms with E-state index in [1.807, 2.05) is 0 Å². The molecule has 5 rings (SSSR count). The zero-order valence-electron chi connectivity index (χ0n) is 19.1. The Morgan fingerprint density at radius 1 is 0.914 bits per heavy atom. The first-order chi connectivity index (χ1) is 16.9. The number of likely N-dealkylation sites (tertiary alicyclic amines) is 1. The van der Waals surface area contributed by atoms with E-state index in [1.54, 1.807) is 24.3 Å². The van der Waals surface area contributed by atoms with Crippen molar-refractivity contribution < 1.29 is 32.3 Å². The molecule has 3 aromatic rings. The lowest BCUT2D eigenvalue weighted by atomic mass is 10.1. The number of benzene rings is 2. The number of rotatable bonds is 6. The summed E-state index contributed by atoms with van der Waals surface area (Å²) in [6, 6.07) is 14.1. The lowest BCUT2D eigenvalue weighted by molar-refractivity contribution is -0.161. The van der Waals surface area contributed by atoms with E-state index < -0.39 is 21.8 Å². The number of nitrogens with zero attached hydrogens (tertiary/aromatic N) is 2. The van der Waals surface area contributed by atoms with Gasteiger partial charge in [0.15, 0.2) is 5.75 Å². The van der Waals surface area contributed by atoms with Gasteiger partial charge in [0.2, 0.25) is 9.84 Å². The van der Waals surface area contributed by atoms with E-state index in [2.05, 4.69) is 4.90 Å². The van der Waals surface area contributed by atoms with Crippen LogP contribution in [-0.2, 0) is 26.0 Å². The van der Waals surface area contributed by atoms with Gasteiger partial charge in [0.05, 0.1) is 22.6 Å². The fourth-order valence-electron chi connectivity index (χ4n) is 4.44.